The standard InChI is InChI=1S/C23H28N4O3S/c1-31(29,30)26-16-18-5-4-6-20(13-18)19-10-8-17(9-11-19)14-21(15-24)27-12-3-2-7-22(27)23(25)28/h4-6,8-11,13,21-22,26H,2-3,7,12,14,16H2,1H3,(H2,25,28)/t21-,22?/m0/s1. The van der Waals surface area contributed by atoms with E-state index in [2.05, 4.69) is 10.8 Å². The van der Waals surface area contributed by atoms with Crippen LogP contribution in [0.5, 0.6) is 0 Å². The van der Waals surface area contributed by atoms with Crippen molar-refractivity contribution in [1.82, 2.24) is 9.62 Å². The molecule has 1 amide bonds. The minimum absolute atomic E-state index is 0.242. The molecule has 2 atom stereocenters. The number of benzene rings is 2. The van der Waals surface area contributed by atoms with Crippen LogP contribution in [0.15, 0.2) is 48.5 Å². The number of amides is 1. The molecule has 0 aliphatic carbocycles. The third-order valence-corrected chi connectivity index (χ3v) is 6.27. The second-order valence-corrected chi connectivity index (χ2v) is 9.82. The lowest BCUT2D eigenvalue weighted by molar-refractivity contribution is -0.125. The summed E-state index contributed by atoms with van der Waals surface area (Å²) in [5, 5.41) is 9.72. The van der Waals surface area contributed by atoms with Gasteiger partial charge in [0.05, 0.1) is 18.4 Å². The van der Waals surface area contributed by atoms with Crippen LogP contribution in [0.1, 0.15) is 30.4 Å². The highest BCUT2D eigenvalue weighted by molar-refractivity contribution is 7.88. The molecule has 0 bridgehead atoms. The minimum Gasteiger partial charge on any atom is -0.368 e. The number of primary amides is 1. The maximum Gasteiger partial charge on any atom is 0.234 e. The smallest absolute Gasteiger partial charge is 0.234 e. The number of nitrogens with one attached hydrogen (secondary N) is 1. The number of sulfonamides is 1. The average Bonchev–Trinajstić information content (AvgIpc) is 2.76. The Morgan fingerprint density at radius 2 is 1.94 bits per heavy atom. The third kappa shape index (κ3) is 6.37. The van der Waals surface area contributed by atoms with E-state index in [1.807, 2.05) is 53.4 Å². The van der Waals surface area contributed by atoms with Gasteiger partial charge >= 0.3 is 0 Å². The molecule has 3 N–H and O–H groups in total. The molecule has 164 valence electrons. The summed E-state index contributed by atoms with van der Waals surface area (Å²) in [6, 6.07) is 17.3. The van der Waals surface area contributed by atoms with E-state index in [1.54, 1.807) is 0 Å². The van der Waals surface area contributed by atoms with Gasteiger partial charge in [0.25, 0.3) is 0 Å². The summed E-state index contributed by atoms with van der Waals surface area (Å²) in [5.41, 5.74) is 9.44. The van der Waals surface area contributed by atoms with Crippen LogP contribution < -0.4 is 10.5 Å². The molecular weight excluding hydrogens is 412 g/mol. The van der Waals surface area contributed by atoms with E-state index in [-0.39, 0.29) is 18.5 Å². The molecule has 1 aliphatic heterocycles. The van der Waals surface area contributed by atoms with Gasteiger partial charge in [-0.05, 0) is 41.2 Å². The van der Waals surface area contributed by atoms with Crippen LogP contribution in [-0.2, 0) is 27.8 Å². The van der Waals surface area contributed by atoms with Crippen molar-refractivity contribution in [2.24, 2.45) is 5.73 Å². The lowest BCUT2D eigenvalue weighted by atomic mass is 9.95. The van der Waals surface area contributed by atoms with Crippen LogP contribution in [0, 0.1) is 11.3 Å². The summed E-state index contributed by atoms with van der Waals surface area (Å²) in [6.07, 6.45) is 4.29. The average molecular weight is 441 g/mol. The Hall–Kier alpha value is -2.73. The molecule has 0 radical (unpaired) electrons. The van der Waals surface area contributed by atoms with E-state index >= 15 is 0 Å². The second-order valence-electron chi connectivity index (χ2n) is 7.99. The van der Waals surface area contributed by atoms with Crippen molar-refractivity contribution in [1.29, 1.82) is 5.26 Å². The second kappa shape index (κ2) is 10.1. The van der Waals surface area contributed by atoms with Gasteiger partial charge in [0.15, 0.2) is 0 Å². The van der Waals surface area contributed by atoms with Gasteiger partial charge in [-0.1, -0.05) is 48.9 Å². The first-order chi connectivity index (χ1) is 14.8. The number of hydrogen-bond acceptors (Lipinski definition) is 5. The molecule has 0 aromatic heterocycles. The van der Waals surface area contributed by atoms with Gasteiger partial charge in [-0.2, -0.15) is 5.26 Å². The van der Waals surface area contributed by atoms with Crippen molar-refractivity contribution in [2.75, 3.05) is 12.8 Å². The van der Waals surface area contributed by atoms with Gasteiger partial charge in [0, 0.05) is 19.5 Å². The number of nitrogens with zero attached hydrogens (tertiary/aromatic N) is 2. The first-order valence-corrected chi connectivity index (χ1v) is 12.2. The van der Waals surface area contributed by atoms with E-state index in [0.717, 1.165) is 41.4 Å². The molecular formula is C23H28N4O3S. The number of piperidine rings is 1. The fourth-order valence-corrected chi connectivity index (χ4v) is 4.43. The quantitative estimate of drug-likeness (QED) is 0.653. The van der Waals surface area contributed by atoms with Crippen LogP contribution in [-0.4, -0.2) is 44.1 Å². The Kier molecular flexibility index (Phi) is 7.44. The normalized spacial score (nSPS) is 18.3. The van der Waals surface area contributed by atoms with E-state index in [9.17, 15) is 18.5 Å². The van der Waals surface area contributed by atoms with Crippen LogP contribution >= 0.6 is 0 Å². The van der Waals surface area contributed by atoms with Crippen molar-refractivity contribution in [3.8, 4) is 17.2 Å². The first kappa shape index (κ1) is 22.9. The Morgan fingerprint density at radius 1 is 1.19 bits per heavy atom. The summed E-state index contributed by atoms with van der Waals surface area (Å²) < 4.78 is 25.1. The van der Waals surface area contributed by atoms with Gasteiger partial charge in [0.2, 0.25) is 15.9 Å². The Balaban J connectivity index is 1.71. The van der Waals surface area contributed by atoms with E-state index < -0.39 is 16.1 Å². The Labute approximate surface area is 183 Å². The summed E-state index contributed by atoms with van der Waals surface area (Å²) in [7, 11) is -3.25. The molecule has 2 aromatic rings. The monoisotopic (exact) mass is 440 g/mol. The van der Waals surface area contributed by atoms with Crippen LogP contribution in [0.25, 0.3) is 11.1 Å². The summed E-state index contributed by atoms with van der Waals surface area (Å²) in [6.45, 7) is 0.948. The molecule has 31 heavy (non-hydrogen) atoms. The van der Waals surface area contributed by atoms with E-state index in [4.69, 9.17) is 5.73 Å². The van der Waals surface area contributed by atoms with Crippen LogP contribution in [0.4, 0.5) is 0 Å². The third-order valence-electron chi connectivity index (χ3n) is 5.60. The van der Waals surface area contributed by atoms with Crippen molar-refractivity contribution in [3.05, 3.63) is 59.7 Å². The molecule has 1 heterocycles. The number of hydrogen-bond donors (Lipinski definition) is 2. The molecule has 1 aliphatic rings. The Morgan fingerprint density at radius 3 is 2.58 bits per heavy atom. The lowest BCUT2D eigenvalue weighted by Crippen LogP contribution is -2.52. The fourth-order valence-electron chi connectivity index (χ4n) is 4.00. The van der Waals surface area contributed by atoms with E-state index in [1.165, 1.54) is 0 Å². The minimum atomic E-state index is -3.25. The molecule has 0 spiro atoms. The zero-order valence-corrected chi connectivity index (χ0v) is 18.4. The fraction of sp³-hybridized carbons (Fsp3) is 0.391. The maximum absolute atomic E-state index is 11.8. The number of nitriles is 1. The lowest BCUT2D eigenvalue weighted by Gasteiger charge is -2.36. The molecule has 8 heteroatoms. The van der Waals surface area contributed by atoms with Gasteiger partial charge in [-0.15, -0.1) is 0 Å². The molecule has 2 aromatic carbocycles. The highest BCUT2D eigenvalue weighted by Crippen LogP contribution is 2.24. The molecule has 0 saturated carbocycles. The highest BCUT2D eigenvalue weighted by Gasteiger charge is 2.32. The van der Waals surface area contributed by atoms with Crippen LogP contribution in [0.3, 0.4) is 0 Å². The summed E-state index contributed by atoms with van der Waals surface area (Å²) >= 11 is 0. The molecule has 1 unspecified atom stereocenters. The number of carbonyl (C=O) groups excluding carboxylic acids is 1. The van der Waals surface area contributed by atoms with Gasteiger partial charge in [-0.25, -0.2) is 13.1 Å². The number of rotatable bonds is 8. The molecule has 7 nitrogen and oxygen atoms in total. The summed E-state index contributed by atoms with van der Waals surface area (Å²) in [4.78, 5) is 13.7. The van der Waals surface area contributed by atoms with E-state index in [0.29, 0.717) is 19.4 Å². The largest absolute Gasteiger partial charge is 0.368 e. The summed E-state index contributed by atoms with van der Waals surface area (Å²) in [5.74, 6) is -0.361. The number of carbonyl (C=O) groups is 1. The number of nitrogens with two attached hydrogens (primary N) is 1. The predicted molar refractivity (Wildman–Crippen MR) is 120 cm³/mol. The van der Waals surface area contributed by atoms with Crippen molar-refractivity contribution >= 4 is 15.9 Å². The highest BCUT2D eigenvalue weighted by atomic mass is 32.2. The van der Waals surface area contributed by atoms with Crippen LogP contribution in [0.2, 0.25) is 0 Å². The molecule has 1 fully saturated rings. The number of likely N-dealkylation sites (tertiary alicyclic amines) is 1. The van der Waals surface area contributed by atoms with Gasteiger partial charge in [0.1, 0.15) is 6.04 Å². The maximum atomic E-state index is 11.8. The predicted octanol–water partition coefficient (Wildman–Crippen LogP) is 2.18. The van der Waals surface area contributed by atoms with Crippen molar-refractivity contribution in [2.45, 2.75) is 44.3 Å². The SMILES string of the molecule is CS(=O)(=O)NCc1cccc(-c2ccc(C[C@@H](C#N)N3CCCCC3C(N)=O)cc2)c1. The topological polar surface area (TPSA) is 116 Å². The van der Waals surface area contributed by atoms with Gasteiger partial charge in [-0.3, -0.25) is 9.69 Å². The van der Waals surface area contributed by atoms with Gasteiger partial charge < -0.3 is 5.73 Å². The molecule has 1 saturated heterocycles. The first-order valence-electron chi connectivity index (χ1n) is 10.3. The zero-order chi connectivity index (χ0) is 22.4. The molecule has 3 rings (SSSR count). The zero-order valence-electron chi connectivity index (χ0n) is 17.6. The van der Waals surface area contributed by atoms with Crippen molar-refractivity contribution in [3.63, 3.8) is 0 Å². The Bertz CT molecular complexity index is 1060. The van der Waals surface area contributed by atoms with Crippen molar-refractivity contribution < 1.29 is 13.2 Å².